The number of hydrogen-bond acceptors (Lipinski definition) is 2. The van der Waals surface area contributed by atoms with E-state index in [4.69, 9.17) is 4.74 Å². The molecule has 0 unspecified atom stereocenters. The summed E-state index contributed by atoms with van der Waals surface area (Å²) in [5, 5.41) is 2.81. The maximum absolute atomic E-state index is 11.6. The van der Waals surface area contributed by atoms with Crippen molar-refractivity contribution < 1.29 is 9.53 Å². The molecule has 0 saturated heterocycles. The van der Waals surface area contributed by atoms with Gasteiger partial charge >= 0.3 is 0 Å². The number of ether oxygens (including phenoxy) is 1. The molecule has 0 radical (unpaired) electrons. The van der Waals surface area contributed by atoms with E-state index in [2.05, 4.69) is 5.32 Å². The van der Waals surface area contributed by atoms with Crippen molar-refractivity contribution in [3.05, 3.63) is 48.6 Å². The molecular weight excluding hydrogens is 250 g/mol. The highest BCUT2D eigenvalue weighted by Crippen LogP contribution is 2.24. The molecule has 1 aromatic rings. The number of allylic oxidation sites excluding steroid dienone is 3. The van der Waals surface area contributed by atoms with Crippen LogP contribution in [0.1, 0.15) is 32.6 Å². The van der Waals surface area contributed by atoms with Gasteiger partial charge in [-0.1, -0.05) is 18.2 Å². The fraction of sp³-hybridized carbons (Fsp3) is 0.353. The van der Waals surface area contributed by atoms with Crippen LogP contribution in [0.15, 0.2) is 48.6 Å². The summed E-state index contributed by atoms with van der Waals surface area (Å²) in [4.78, 5) is 11.6. The normalized spacial score (nSPS) is 16.1. The number of anilines is 1. The molecule has 1 N–H and O–H groups in total. The van der Waals surface area contributed by atoms with Crippen molar-refractivity contribution in [3.63, 3.8) is 0 Å². The van der Waals surface area contributed by atoms with Crippen LogP contribution >= 0.6 is 0 Å². The van der Waals surface area contributed by atoms with Gasteiger partial charge in [-0.15, -0.1) is 0 Å². The molecule has 1 amide bonds. The van der Waals surface area contributed by atoms with Crippen molar-refractivity contribution >= 4 is 11.6 Å². The van der Waals surface area contributed by atoms with Crippen LogP contribution in [0.2, 0.25) is 0 Å². The van der Waals surface area contributed by atoms with E-state index in [-0.39, 0.29) is 5.91 Å². The lowest BCUT2D eigenvalue weighted by molar-refractivity contribution is -0.111. The molecule has 20 heavy (non-hydrogen) atoms. The number of nitrogens with one attached hydrogen (secondary N) is 1. The molecular formula is C17H21NO2. The SMILES string of the molecule is C/C=C/C=C/C(=O)Nc1ccc(OC2CCCC2)cc1. The Labute approximate surface area is 120 Å². The Morgan fingerprint density at radius 2 is 1.90 bits per heavy atom. The lowest BCUT2D eigenvalue weighted by Gasteiger charge is -2.13. The van der Waals surface area contributed by atoms with Crippen molar-refractivity contribution in [1.82, 2.24) is 0 Å². The zero-order valence-corrected chi connectivity index (χ0v) is 11.8. The molecule has 1 aliphatic carbocycles. The molecule has 3 nitrogen and oxygen atoms in total. The molecule has 0 aromatic heterocycles. The van der Waals surface area contributed by atoms with Crippen LogP contribution in [0.4, 0.5) is 5.69 Å². The van der Waals surface area contributed by atoms with Crippen LogP contribution in [-0.4, -0.2) is 12.0 Å². The molecule has 3 heteroatoms. The van der Waals surface area contributed by atoms with Gasteiger partial charge in [0.25, 0.3) is 0 Å². The predicted molar refractivity (Wildman–Crippen MR) is 81.9 cm³/mol. The van der Waals surface area contributed by atoms with Crippen molar-refractivity contribution in [2.24, 2.45) is 0 Å². The summed E-state index contributed by atoms with van der Waals surface area (Å²) in [7, 11) is 0. The molecule has 0 atom stereocenters. The summed E-state index contributed by atoms with van der Waals surface area (Å²) in [6, 6.07) is 7.55. The number of benzene rings is 1. The van der Waals surface area contributed by atoms with Crippen LogP contribution in [0.5, 0.6) is 5.75 Å². The standard InChI is InChI=1S/C17H21NO2/c1-2-3-4-9-17(19)18-14-10-12-16(13-11-14)20-15-7-5-6-8-15/h2-4,9-13,15H,5-8H2,1H3,(H,18,19)/b3-2+,9-4+. The highest BCUT2D eigenvalue weighted by atomic mass is 16.5. The highest BCUT2D eigenvalue weighted by molar-refractivity contribution is 5.99. The minimum absolute atomic E-state index is 0.132. The monoisotopic (exact) mass is 271 g/mol. The summed E-state index contributed by atoms with van der Waals surface area (Å²) in [5.74, 6) is 0.743. The molecule has 0 spiro atoms. The molecule has 1 aromatic carbocycles. The van der Waals surface area contributed by atoms with Gasteiger partial charge < -0.3 is 10.1 Å². The summed E-state index contributed by atoms with van der Waals surface area (Å²) >= 11 is 0. The third kappa shape index (κ3) is 4.57. The Balaban J connectivity index is 1.85. The zero-order valence-electron chi connectivity index (χ0n) is 11.8. The topological polar surface area (TPSA) is 38.3 Å². The summed E-state index contributed by atoms with van der Waals surface area (Å²) < 4.78 is 5.88. The van der Waals surface area contributed by atoms with Gasteiger partial charge in [-0.3, -0.25) is 4.79 Å². The minimum atomic E-state index is -0.132. The fourth-order valence-corrected chi connectivity index (χ4v) is 2.25. The second kappa shape index (κ2) is 7.53. The Bertz CT molecular complexity index is 482. The fourth-order valence-electron chi connectivity index (χ4n) is 2.25. The average molecular weight is 271 g/mol. The number of carbonyl (C=O) groups is 1. The lowest BCUT2D eigenvalue weighted by atomic mass is 10.2. The first-order valence-corrected chi connectivity index (χ1v) is 7.15. The lowest BCUT2D eigenvalue weighted by Crippen LogP contribution is -2.11. The van der Waals surface area contributed by atoms with E-state index in [9.17, 15) is 4.79 Å². The van der Waals surface area contributed by atoms with Gasteiger partial charge in [0.15, 0.2) is 0 Å². The van der Waals surface area contributed by atoms with Gasteiger partial charge in [0.2, 0.25) is 5.91 Å². The number of amides is 1. The summed E-state index contributed by atoms with van der Waals surface area (Å²) in [5.41, 5.74) is 0.777. The molecule has 1 fully saturated rings. The second-order valence-corrected chi connectivity index (χ2v) is 4.92. The van der Waals surface area contributed by atoms with Gasteiger partial charge in [0, 0.05) is 11.8 Å². The van der Waals surface area contributed by atoms with Crippen molar-refractivity contribution in [2.75, 3.05) is 5.32 Å². The third-order valence-corrected chi connectivity index (χ3v) is 3.28. The zero-order chi connectivity index (χ0) is 14.2. The van der Waals surface area contributed by atoms with Crippen LogP contribution in [0.3, 0.4) is 0 Å². The largest absolute Gasteiger partial charge is 0.490 e. The molecule has 1 aliphatic rings. The third-order valence-electron chi connectivity index (χ3n) is 3.28. The minimum Gasteiger partial charge on any atom is -0.490 e. The predicted octanol–water partition coefficient (Wildman–Crippen LogP) is 4.08. The molecule has 106 valence electrons. The van der Waals surface area contributed by atoms with Crippen molar-refractivity contribution in [3.8, 4) is 5.75 Å². The molecule has 0 bridgehead atoms. The Morgan fingerprint density at radius 1 is 1.20 bits per heavy atom. The van der Waals surface area contributed by atoms with Crippen LogP contribution in [0.25, 0.3) is 0 Å². The van der Waals surface area contributed by atoms with E-state index < -0.39 is 0 Å². The van der Waals surface area contributed by atoms with Crippen LogP contribution in [0, 0.1) is 0 Å². The smallest absolute Gasteiger partial charge is 0.248 e. The van der Waals surface area contributed by atoms with E-state index in [1.165, 1.54) is 18.9 Å². The quantitative estimate of drug-likeness (QED) is 0.647. The van der Waals surface area contributed by atoms with Crippen LogP contribution in [-0.2, 0) is 4.79 Å². The Morgan fingerprint density at radius 3 is 2.55 bits per heavy atom. The maximum Gasteiger partial charge on any atom is 0.248 e. The molecule has 0 heterocycles. The van der Waals surface area contributed by atoms with Gasteiger partial charge in [0.1, 0.15) is 5.75 Å². The summed E-state index contributed by atoms with van der Waals surface area (Å²) in [6.45, 7) is 1.91. The molecule has 2 rings (SSSR count). The first-order chi connectivity index (χ1) is 9.78. The Kier molecular flexibility index (Phi) is 5.42. The van der Waals surface area contributed by atoms with E-state index >= 15 is 0 Å². The average Bonchev–Trinajstić information content (AvgIpc) is 2.94. The van der Waals surface area contributed by atoms with E-state index in [1.807, 2.05) is 43.3 Å². The first kappa shape index (κ1) is 14.4. The maximum atomic E-state index is 11.6. The van der Waals surface area contributed by atoms with Gasteiger partial charge in [-0.2, -0.15) is 0 Å². The van der Waals surface area contributed by atoms with Gasteiger partial charge in [-0.05, 0) is 56.9 Å². The van der Waals surface area contributed by atoms with Crippen molar-refractivity contribution in [2.45, 2.75) is 38.7 Å². The first-order valence-electron chi connectivity index (χ1n) is 7.15. The van der Waals surface area contributed by atoms with Crippen LogP contribution < -0.4 is 10.1 Å². The molecule has 0 aliphatic heterocycles. The van der Waals surface area contributed by atoms with Gasteiger partial charge in [0.05, 0.1) is 6.10 Å². The highest BCUT2D eigenvalue weighted by Gasteiger charge is 2.16. The second-order valence-electron chi connectivity index (χ2n) is 4.92. The number of rotatable bonds is 5. The summed E-state index contributed by atoms with van der Waals surface area (Å²) in [6.07, 6.45) is 12.1. The number of hydrogen-bond donors (Lipinski definition) is 1. The number of carbonyl (C=O) groups excluding carboxylic acids is 1. The van der Waals surface area contributed by atoms with E-state index in [0.29, 0.717) is 6.10 Å². The van der Waals surface area contributed by atoms with Crippen molar-refractivity contribution in [1.29, 1.82) is 0 Å². The van der Waals surface area contributed by atoms with E-state index in [1.54, 1.807) is 6.08 Å². The van der Waals surface area contributed by atoms with Gasteiger partial charge in [-0.25, -0.2) is 0 Å². The Hall–Kier alpha value is -2.03. The van der Waals surface area contributed by atoms with E-state index in [0.717, 1.165) is 24.3 Å². The molecule has 1 saturated carbocycles.